The van der Waals surface area contributed by atoms with Crippen molar-refractivity contribution in [3.05, 3.63) is 22.7 Å². The van der Waals surface area contributed by atoms with E-state index in [1.807, 2.05) is 0 Å². The second kappa shape index (κ2) is 6.34. The standard InChI is InChI=1S/C10H15BrN2O3S/c1-16-10-4-3-8(7-9(10)11)17(14,15)13-6-2-5-12/h3-4,7,13H,2,5-6,12H2,1H3. The summed E-state index contributed by atoms with van der Waals surface area (Å²) < 4.78 is 31.8. The second-order valence-electron chi connectivity index (χ2n) is 3.34. The van der Waals surface area contributed by atoms with Crippen molar-refractivity contribution in [2.24, 2.45) is 5.73 Å². The largest absolute Gasteiger partial charge is 0.496 e. The van der Waals surface area contributed by atoms with Crippen LogP contribution in [0.4, 0.5) is 0 Å². The molecule has 0 amide bonds. The van der Waals surface area contributed by atoms with Crippen molar-refractivity contribution in [3.8, 4) is 5.75 Å². The summed E-state index contributed by atoms with van der Waals surface area (Å²) in [6.45, 7) is 0.789. The third-order valence-corrected chi connectivity index (χ3v) is 4.18. The molecule has 0 saturated heterocycles. The van der Waals surface area contributed by atoms with Crippen LogP contribution < -0.4 is 15.2 Å². The summed E-state index contributed by atoms with van der Waals surface area (Å²) in [5.41, 5.74) is 5.30. The van der Waals surface area contributed by atoms with Gasteiger partial charge >= 0.3 is 0 Å². The molecule has 96 valence electrons. The molecule has 0 fully saturated rings. The van der Waals surface area contributed by atoms with Crippen LogP contribution in [0, 0.1) is 0 Å². The Balaban J connectivity index is 2.88. The average molecular weight is 323 g/mol. The lowest BCUT2D eigenvalue weighted by molar-refractivity contribution is 0.411. The fourth-order valence-corrected chi connectivity index (χ4v) is 3.00. The quantitative estimate of drug-likeness (QED) is 0.768. The van der Waals surface area contributed by atoms with E-state index >= 15 is 0 Å². The number of nitrogens with two attached hydrogens (primary N) is 1. The first-order valence-corrected chi connectivity index (χ1v) is 7.32. The molecular weight excluding hydrogens is 308 g/mol. The highest BCUT2D eigenvalue weighted by Gasteiger charge is 2.14. The Kier molecular flexibility index (Phi) is 5.38. The van der Waals surface area contributed by atoms with Crippen LogP contribution in [0.3, 0.4) is 0 Å². The van der Waals surface area contributed by atoms with E-state index in [1.54, 1.807) is 6.07 Å². The molecule has 0 unspecified atom stereocenters. The lowest BCUT2D eigenvalue weighted by atomic mass is 10.3. The normalized spacial score (nSPS) is 11.5. The fourth-order valence-electron chi connectivity index (χ4n) is 1.21. The molecule has 1 aromatic carbocycles. The lowest BCUT2D eigenvalue weighted by Crippen LogP contribution is -2.26. The minimum absolute atomic E-state index is 0.196. The topological polar surface area (TPSA) is 81.4 Å². The molecule has 0 saturated carbocycles. The maximum atomic E-state index is 11.8. The number of halogens is 1. The Bertz CT molecular complexity index is 476. The number of methoxy groups -OCH3 is 1. The van der Waals surface area contributed by atoms with Crippen LogP contribution in [0.15, 0.2) is 27.6 Å². The summed E-state index contributed by atoms with van der Waals surface area (Å²) in [5, 5.41) is 0. The molecule has 1 rings (SSSR count). The highest BCUT2D eigenvalue weighted by Crippen LogP contribution is 2.27. The van der Waals surface area contributed by atoms with Gasteiger partial charge < -0.3 is 10.5 Å². The van der Waals surface area contributed by atoms with E-state index in [2.05, 4.69) is 20.7 Å². The Morgan fingerprint density at radius 1 is 1.47 bits per heavy atom. The zero-order valence-corrected chi connectivity index (χ0v) is 11.8. The minimum atomic E-state index is -3.47. The molecule has 0 aliphatic heterocycles. The molecular formula is C10H15BrN2O3S. The summed E-state index contributed by atoms with van der Waals surface area (Å²) in [4.78, 5) is 0.196. The van der Waals surface area contributed by atoms with Crippen molar-refractivity contribution in [1.29, 1.82) is 0 Å². The van der Waals surface area contributed by atoms with Crippen molar-refractivity contribution in [1.82, 2.24) is 4.72 Å². The summed E-state index contributed by atoms with van der Waals surface area (Å²) in [7, 11) is -1.95. The van der Waals surface area contributed by atoms with Gasteiger partial charge in [-0.25, -0.2) is 13.1 Å². The molecule has 0 aliphatic carbocycles. The van der Waals surface area contributed by atoms with E-state index in [0.29, 0.717) is 29.7 Å². The van der Waals surface area contributed by atoms with E-state index in [-0.39, 0.29) is 4.90 Å². The number of ether oxygens (including phenoxy) is 1. The first kappa shape index (κ1) is 14.4. The number of benzene rings is 1. The van der Waals surface area contributed by atoms with Gasteiger partial charge in [0, 0.05) is 6.54 Å². The van der Waals surface area contributed by atoms with Gasteiger partial charge in [0.05, 0.1) is 16.5 Å². The smallest absolute Gasteiger partial charge is 0.240 e. The van der Waals surface area contributed by atoms with Crippen LogP contribution in [-0.2, 0) is 10.0 Å². The summed E-state index contributed by atoms with van der Waals surface area (Å²) in [6, 6.07) is 4.60. The first-order valence-electron chi connectivity index (χ1n) is 5.04. The maximum Gasteiger partial charge on any atom is 0.240 e. The highest BCUT2D eigenvalue weighted by atomic mass is 79.9. The van der Waals surface area contributed by atoms with E-state index < -0.39 is 10.0 Å². The van der Waals surface area contributed by atoms with Gasteiger partial charge in [-0.2, -0.15) is 0 Å². The molecule has 0 heterocycles. The van der Waals surface area contributed by atoms with Gasteiger partial charge in [-0.1, -0.05) is 0 Å². The predicted molar refractivity (Wildman–Crippen MR) is 69.6 cm³/mol. The van der Waals surface area contributed by atoms with Crippen LogP contribution in [0.5, 0.6) is 5.75 Å². The monoisotopic (exact) mass is 322 g/mol. The van der Waals surface area contributed by atoms with Gasteiger partial charge in [0.1, 0.15) is 5.75 Å². The summed E-state index contributed by atoms with van der Waals surface area (Å²) >= 11 is 3.24. The third-order valence-electron chi connectivity index (χ3n) is 2.11. The zero-order chi connectivity index (χ0) is 12.9. The van der Waals surface area contributed by atoms with Crippen LogP contribution >= 0.6 is 15.9 Å². The fraction of sp³-hybridized carbons (Fsp3) is 0.400. The Morgan fingerprint density at radius 3 is 2.71 bits per heavy atom. The van der Waals surface area contributed by atoms with Crippen LogP contribution in [0.1, 0.15) is 6.42 Å². The number of hydrogen-bond donors (Lipinski definition) is 2. The number of rotatable bonds is 6. The Hall–Kier alpha value is -0.630. The molecule has 0 atom stereocenters. The molecule has 17 heavy (non-hydrogen) atoms. The summed E-state index contributed by atoms with van der Waals surface area (Å²) in [6.07, 6.45) is 0.608. The Labute approximate surface area is 110 Å². The molecule has 7 heteroatoms. The molecule has 5 nitrogen and oxygen atoms in total. The predicted octanol–water partition coefficient (Wildman–Crippen LogP) is 1.08. The molecule has 0 aliphatic rings. The van der Waals surface area contributed by atoms with Crippen LogP contribution in [-0.4, -0.2) is 28.6 Å². The number of nitrogens with one attached hydrogen (secondary N) is 1. The molecule has 0 spiro atoms. The van der Waals surface area contributed by atoms with Crippen molar-refractivity contribution < 1.29 is 13.2 Å². The zero-order valence-electron chi connectivity index (χ0n) is 9.44. The van der Waals surface area contributed by atoms with Crippen LogP contribution in [0.25, 0.3) is 0 Å². The molecule has 0 aromatic heterocycles. The van der Waals surface area contributed by atoms with Gasteiger partial charge in [0.15, 0.2) is 0 Å². The van der Waals surface area contributed by atoms with Gasteiger partial charge in [-0.3, -0.25) is 0 Å². The van der Waals surface area contributed by atoms with Crippen LogP contribution in [0.2, 0.25) is 0 Å². The lowest BCUT2D eigenvalue weighted by Gasteiger charge is -2.08. The van der Waals surface area contributed by atoms with Crippen molar-refractivity contribution in [3.63, 3.8) is 0 Å². The van der Waals surface area contributed by atoms with Gasteiger partial charge in [-0.05, 0) is 47.1 Å². The molecule has 0 radical (unpaired) electrons. The van der Waals surface area contributed by atoms with E-state index in [0.717, 1.165) is 0 Å². The third kappa shape index (κ3) is 3.95. The first-order chi connectivity index (χ1) is 8.01. The highest BCUT2D eigenvalue weighted by molar-refractivity contribution is 9.10. The average Bonchev–Trinajstić information content (AvgIpc) is 2.29. The molecule has 0 bridgehead atoms. The number of sulfonamides is 1. The molecule has 3 N–H and O–H groups in total. The molecule has 1 aromatic rings. The second-order valence-corrected chi connectivity index (χ2v) is 5.96. The minimum Gasteiger partial charge on any atom is -0.496 e. The van der Waals surface area contributed by atoms with E-state index in [4.69, 9.17) is 10.5 Å². The van der Waals surface area contributed by atoms with Gasteiger partial charge in [0.2, 0.25) is 10.0 Å². The van der Waals surface area contributed by atoms with Crippen molar-refractivity contribution >= 4 is 26.0 Å². The SMILES string of the molecule is COc1ccc(S(=O)(=O)NCCCN)cc1Br. The van der Waals surface area contributed by atoms with Crippen molar-refractivity contribution in [2.45, 2.75) is 11.3 Å². The number of hydrogen-bond acceptors (Lipinski definition) is 4. The summed E-state index contributed by atoms with van der Waals surface area (Å²) in [5.74, 6) is 0.589. The van der Waals surface area contributed by atoms with E-state index in [1.165, 1.54) is 19.2 Å². The van der Waals surface area contributed by atoms with E-state index in [9.17, 15) is 8.42 Å². The Morgan fingerprint density at radius 2 is 2.18 bits per heavy atom. The van der Waals surface area contributed by atoms with Gasteiger partial charge in [-0.15, -0.1) is 0 Å². The maximum absolute atomic E-state index is 11.8. The van der Waals surface area contributed by atoms with Gasteiger partial charge in [0.25, 0.3) is 0 Å². The van der Waals surface area contributed by atoms with Crippen molar-refractivity contribution in [2.75, 3.05) is 20.2 Å².